The Morgan fingerprint density at radius 1 is 0.915 bits per heavy atom. The maximum Gasteiger partial charge on any atom is 0.408 e. The van der Waals surface area contributed by atoms with Gasteiger partial charge in [0.25, 0.3) is 0 Å². The molecule has 0 aromatic heterocycles. The van der Waals surface area contributed by atoms with E-state index >= 15 is 0 Å². The third-order valence-corrected chi connectivity index (χ3v) is 7.59. The zero-order valence-corrected chi connectivity index (χ0v) is 30.1. The maximum atomic E-state index is 14.5. The number of nitrogens with one attached hydrogen (secondary N) is 2. The fraction of sp³-hybridized carbons (Fsp3) is 0.514. The van der Waals surface area contributed by atoms with Crippen LogP contribution in [0.4, 0.5) is 4.79 Å². The number of hydrogen-bond donors (Lipinski definition) is 2. The lowest BCUT2D eigenvalue weighted by Crippen LogP contribution is -2.55. The molecule has 0 spiro atoms. The molecule has 2 aromatic rings. The van der Waals surface area contributed by atoms with Gasteiger partial charge in [-0.05, 0) is 89.1 Å². The van der Waals surface area contributed by atoms with Gasteiger partial charge in [0.05, 0.1) is 0 Å². The highest BCUT2D eigenvalue weighted by atomic mass is 32.2. The molecule has 0 heterocycles. The lowest BCUT2D eigenvalue weighted by atomic mass is 9.98. The zero-order valence-electron chi connectivity index (χ0n) is 29.3. The van der Waals surface area contributed by atoms with Crippen LogP contribution < -0.4 is 10.6 Å². The molecule has 3 unspecified atom stereocenters. The molecule has 10 heteroatoms. The van der Waals surface area contributed by atoms with E-state index in [0.29, 0.717) is 24.2 Å². The molecule has 2 N–H and O–H groups in total. The minimum atomic E-state index is -1.12. The Balaban J connectivity index is 2.63. The van der Waals surface area contributed by atoms with Gasteiger partial charge in [0, 0.05) is 13.0 Å². The molecule has 47 heavy (non-hydrogen) atoms. The van der Waals surface area contributed by atoms with E-state index in [1.807, 2.05) is 49.6 Å². The first-order chi connectivity index (χ1) is 22.1. The van der Waals surface area contributed by atoms with E-state index < -0.39 is 53.2 Å². The number of carbonyl (C=O) groups excluding carboxylic acids is 4. The summed E-state index contributed by atoms with van der Waals surface area (Å²) in [5.41, 5.74) is 0.610. The second-order valence-electron chi connectivity index (χ2n) is 13.4. The standard InChI is InChI=1S/C37H53N3O6S/c1-10-12-22-40(33(42)29(21-23-47-9)39-35(44)46-37(6,7)8)31(28-20-16-19-26(11-2)24-28)32(41)38-30(34(43)45-36(3,4)5)25-27-17-14-13-15-18-27/h11,13-20,24,29-31H,2,10,12,21-23,25H2,1,3-9H3,(H,38,41)(H,39,44). The van der Waals surface area contributed by atoms with Crippen molar-refractivity contribution in [3.05, 3.63) is 77.9 Å². The molecule has 0 saturated heterocycles. The van der Waals surface area contributed by atoms with Crippen molar-refractivity contribution in [1.82, 2.24) is 15.5 Å². The van der Waals surface area contributed by atoms with Gasteiger partial charge in [-0.3, -0.25) is 9.59 Å². The third-order valence-electron chi connectivity index (χ3n) is 6.95. The molecular weight excluding hydrogens is 614 g/mol. The molecule has 2 rings (SSSR count). The summed E-state index contributed by atoms with van der Waals surface area (Å²) in [6.45, 7) is 16.7. The molecule has 0 saturated carbocycles. The lowest BCUT2D eigenvalue weighted by molar-refractivity contribution is -0.159. The molecule has 3 amide bonds. The number of amides is 3. The van der Waals surface area contributed by atoms with Crippen molar-refractivity contribution in [1.29, 1.82) is 0 Å². The molecule has 0 fully saturated rings. The number of hydrogen-bond acceptors (Lipinski definition) is 7. The Bertz CT molecular complexity index is 1340. The average Bonchev–Trinajstić information content (AvgIpc) is 2.99. The molecule has 0 radical (unpaired) electrons. The van der Waals surface area contributed by atoms with Gasteiger partial charge >= 0.3 is 12.1 Å². The van der Waals surface area contributed by atoms with Crippen molar-refractivity contribution in [2.24, 2.45) is 0 Å². The lowest BCUT2D eigenvalue weighted by Gasteiger charge is -2.35. The van der Waals surface area contributed by atoms with Crippen molar-refractivity contribution >= 4 is 41.7 Å². The van der Waals surface area contributed by atoms with Gasteiger partial charge in [-0.15, -0.1) is 0 Å². The average molecular weight is 668 g/mol. The number of unbranched alkanes of at least 4 members (excludes halogenated alkanes) is 1. The molecule has 3 atom stereocenters. The quantitative estimate of drug-likeness (QED) is 0.191. The van der Waals surface area contributed by atoms with Crippen LogP contribution in [0.25, 0.3) is 6.08 Å². The highest BCUT2D eigenvalue weighted by molar-refractivity contribution is 7.98. The van der Waals surface area contributed by atoms with E-state index in [4.69, 9.17) is 9.47 Å². The first-order valence-corrected chi connectivity index (χ1v) is 17.6. The number of nitrogens with zero attached hydrogens (tertiary/aromatic N) is 1. The maximum absolute atomic E-state index is 14.5. The van der Waals surface area contributed by atoms with Gasteiger partial charge in [-0.1, -0.05) is 74.5 Å². The van der Waals surface area contributed by atoms with Crippen LogP contribution in [-0.2, 0) is 30.3 Å². The predicted octanol–water partition coefficient (Wildman–Crippen LogP) is 6.72. The van der Waals surface area contributed by atoms with Crippen LogP contribution in [-0.4, -0.2) is 70.6 Å². The van der Waals surface area contributed by atoms with Crippen LogP contribution in [0.3, 0.4) is 0 Å². The second kappa shape index (κ2) is 18.5. The van der Waals surface area contributed by atoms with E-state index in [-0.39, 0.29) is 13.0 Å². The zero-order chi connectivity index (χ0) is 35.2. The summed E-state index contributed by atoms with van der Waals surface area (Å²) in [6.07, 6.45) is 4.77. The monoisotopic (exact) mass is 667 g/mol. The van der Waals surface area contributed by atoms with Crippen LogP contribution in [0, 0.1) is 0 Å². The van der Waals surface area contributed by atoms with Crippen LogP contribution >= 0.6 is 11.8 Å². The third kappa shape index (κ3) is 13.8. The van der Waals surface area contributed by atoms with Crippen LogP contribution in [0.5, 0.6) is 0 Å². The van der Waals surface area contributed by atoms with Gasteiger partial charge in [0.1, 0.15) is 29.3 Å². The van der Waals surface area contributed by atoms with Crippen molar-refractivity contribution < 1.29 is 28.7 Å². The van der Waals surface area contributed by atoms with E-state index in [9.17, 15) is 19.2 Å². The Morgan fingerprint density at radius 2 is 1.57 bits per heavy atom. The molecule has 9 nitrogen and oxygen atoms in total. The Morgan fingerprint density at radius 3 is 2.15 bits per heavy atom. The van der Waals surface area contributed by atoms with Gasteiger partial charge in [-0.25, -0.2) is 9.59 Å². The van der Waals surface area contributed by atoms with Crippen LogP contribution in [0.1, 0.15) is 90.5 Å². The number of esters is 1. The molecule has 0 aliphatic heterocycles. The minimum Gasteiger partial charge on any atom is -0.458 e. The summed E-state index contributed by atoms with van der Waals surface area (Å²) in [5, 5.41) is 5.70. The summed E-state index contributed by atoms with van der Waals surface area (Å²) >= 11 is 1.55. The topological polar surface area (TPSA) is 114 Å². The SMILES string of the molecule is C=Cc1cccc(C(C(=O)NC(Cc2ccccc2)C(=O)OC(C)(C)C)N(CCCC)C(=O)C(CCSC)NC(=O)OC(C)(C)C)c1. The Kier molecular flexibility index (Phi) is 15.5. The van der Waals surface area contributed by atoms with E-state index in [2.05, 4.69) is 17.2 Å². The minimum absolute atomic E-state index is 0.195. The van der Waals surface area contributed by atoms with E-state index in [1.54, 1.807) is 77.6 Å². The first-order valence-electron chi connectivity index (χ1n) is 16.2. The molecule has 0 aliphatic carbocycles. The molecule has 258 valence electrons. The fourth-order valence-electron chi connectivity index (χ4n) is 4.83. The number of thioether (sulfide) groups is 1. The van der Waals surface area contributed by atoms with Gasteiger partial charge < -0.3 is 25.0 Å². The fourth-order valence-corrected chi connectivity index (χ4v) is 5.31. The number of carbonyl (C=O) groups is 4. The molecular formula is C37H53N3O6S. The summed E-state index contributed by atoms with van der Waals surface area (Å²) < 4.78 is 11.2. The number of rotatable bonds is 16. The van der Waals surface area contributed by atoms with Gasteiger partial charge in [0.2, 0.25) is 11.8 Å². The second-order valence-corrected chi connectivity index (χ2v) is 14.4. The number of benzene rings is 2. The van der Waals surface area contributed by atoms with Crippen molar-refractivity contribution in [3.63, 3.8) is 0 Å². The van der Waals surface area contributed by atoms with Crippen LogP contribution in [0.2, 0.25) is 0 Å². The molecule has 0 bridgehead atoms. The van der Waals surface area contributed by atoms with Gasteiger partial charge in [-0.2, -0.15) is 11.8 Å². The van der Waals surface area contributed by atoms with Crippen molar-refractivity contribution in [2.45, 2.75) is 103 Å². The van der Waals surface area contributed by atoms with Crippen LogP contribution in [0.15, 0.2) is 61.2 Å². The predicted molar refractivity (Wildman–Crippen MR) is 190 cm³/mol. The Labute approximate surface area is 285 Å². The summed E-state index contributed by atoms with van der Waals surface area (Å²) in [6, 6.07) is 13.5. The molecule has 2 aromatic carbocycles. The summed E-state index contributed by atoms with van der Waals surface area (Å²) in [5.74, 6) is -0.944. The van der Waals surface area contributed by atoms with E-state index in [1.165, 1.54) is 4.90 Å². The number of alkyl carbamates (subject to hydrolysis) is 1. The van der Waals surface area contributed by atoms with Crippen molar-refractivity contribution in [2.75, 3.05) is 18.6 Å². The first kappa shape index (κ1) is 39.4. The largest absolute Gasteiger partial charge is 0.458 e. The normalized spacial score (nSPS) is 13.4. The smallest absolute Gasteiger partial charge is 0.408 e. The Hall–Kier alpha value is -3.79. The molecule has 0 aliphatic rings. The van der Waals surface area contributed by atoms with E-state index in [0.717, 1.165) is 17.5 Å². The van der Waals surface area contributed by atoms with Crippen molar-refractivity contribution in [3.8, 4) is 0 Å². The number of ether oxygens (including phenoxy) is 2. The highest BCUT2D eigenvalue weighted by Gasteiger charge is 2.38. The summed E-state index contributed by atoms with van der Waals surface area (Å²) in [4.78, 5) is 56.9. The summed E-state index contributed by atoms with van der Waals surface area (Å²) in [7, 11) is 0. The van der Waals surface area contributed by atoms with Gasteiger partial charge in [0.15, 0.2) is 0 Å². The highest BCUT2D eigenvalue weighted by Crippen LogP contribution is 2.26.